The lowest BCUT2D eigenvalue weighted by Crippen LogP contribution is -2.37. The number of aromatic nitrogens is 3. The largest absolute Gasteiger partial charge is 0.365 e. The van der Waals surface area contributed by atoms with Gasteiger partial charge in [0.05, 0.1) is 28.9 Å². The Morgan fingerprint density at radius 2 is 1.63 bits per heavy atom. The summed E-state index contributed by atoms with van der Waals surface area (Å²) in [5.74, 6) is 0. The van der Waals surface area contributed by atoms with Crippen LogP contribution in [0.15, 0.2) is 64.2 Å². The van der Waals surface area contributed by atoms with E-state index in [1.54, 1.807) is 11.6 Å². The minimum atomic E-state index is -0.348. The Labute approximate surface area is 173 Å². The van der Waals surface area contributed by atoms with E-state index in [4.69, 9.17) is 4.74 Å². The van der Waals surface area contributed by atoms with E-state index < -0.39 is 0 Å². The van der Waals surface area contributed by atoms with E-state index in [0.29, 0.717) is 24.1 Å². The quantitative estimate of drug-likeness (QED) is 0.519. The fraction of sp³-hybridized carbons (Fsp3) is 0.250. The Kier molecular flexibility index (Phi) is 4.25. The third-order valence-electron chi connectivity index (χ3n) is 5.98. The van der Waals surface area contributed by atoms with Crippen molar-refractivity contribution in [3.8, 4) is 11.3 Å². The van der Waals surface area contributed by atoms with Gasteiger partial charge in [-0.05, 0) is 18.1 Å². The molecular weight excluding hydrogens is 378 g/mol. The van der Waals surface area contributed by atoms with Crippen LogP contribution in [-0.2, 0) is 25.4 Å². The fourth-order valence-corrected chi connectivity index (χ4v) is 4.47. The highest BCUT2D eigenvalue weighted by molar-refractivity contribution is 5.96. The van der Waals surface area contributed by atoms with Crippen LogP contribution in [0.25, 0.3) is 22.2 Å². The second-order valence-electron chi connectivity index (χ2n) is 7.84. The zero-order valence-corrected chi connectivity index (χ0v) is 17.3. The monoisotopic (exact) mass is 401 g/mol. The molecule has 3 heterocycles. The molecule has 0 aliphatic carbocycles. The highest BCUT2D eigenvalue weighted by Gasteiger charge is 2.32. The van der Waals surface area contributed by atoms with Crippen molar-refractivity contribution in [3.05, 3.63) is 92.3 Å². The number of ether oxygens (including phenoxy) is 1. The summed E-state index contributed by atoms with van der Waals surface area (Å²) in [6.45, 7) is 3.19. The molecule has 0 amide bonds. The normalized spacial score (nSPS) is 16.0. The summed E-state index contributed by atoms with van der Waals surface area (Å²) in [6.07, 6.45) is -0.348. The predicted molar refractivity (Wildman–Crippen MR) is 117 cm³/mol. The van der Waals surface area contributed by atoms with Crippen molar-refractivity contribution in [2.24, 2.45) is 14.1 Å². The van der Waals surface area contributed by atoms with Gasteiger partial charge < -0.3 is 9.30 Å². The fourth-order valence-electron chi connectivity index (χ4n) is 4.47. The molecule has 2 aromatic heterocycles. The SMILES string of the molecule is Cc1ccc(-c2c3c(=O)n(C)c(=O)n(C)c3c3n2CCO[C@@H]3c2ccccc2)cc1. The minimum absolute atomic E-state index is 0.280. The van der Waals surface area contributed by atoms with Crippen molar-refractivity contribution >= 4 is 10.9 Å². The number of aryl methyl sites for hydroxylation is 2. The first-order valence-electron chi connectivity index (χ1n) is 10.0. The zero-order chi connectivity index (χ0) is 21.0. The maximum absolute atomic E-state index is 13.3. The molecule has 0 radical (unpaired) electrons. The summed E-state index contributed by atoms with van der Waals surface area (Å²) in [5, 5.41) is 0.560. The molecule has 6 nitrogen and oxygen atoms in total. The topological polar surface area (TPSA) is 58.2 Å². The van der Waals surface area contributed by atoms with Crippen LogP contribution < -0.4 is 11.2 Å². The molecule has 1 aliphatic rings. The third-order valence-corrected chi connectivity index (χ3v) is 5.98. The van der Waals surface area contributed by atoms with E-state index in [9.17, 15) is 9.59 Å². The van der Waals surface area contributed by atoms with Crippen LogP contribution in [0.1, 0.15) is 22.9 Å². The van der Waals surface area contributed by atoms with E-state index in [1.165, 1.54) is 11.6 Å². The van der Waals surface area contributed by atoms with Gasteiger partial charge >= 0.3 is 5.69 Å². The first-order chi connectivity index (χ1) is 14.5. The first-order valence-corrected chi connectivity index (χ1v) is 10.0. The molecule has 4 aromatic rings. The Hall–Kier alpha value is -3.38. The van der Waals surface area contributed by atoms with Crippen molar-refractivity contribution in [1.82, 2.24) is 13.7 Å². The van der Waals surface area contributed by atoms with Gasteiger partial charge in [0, 0.05) is 20.6 Å². The van der Waals surface area contributed by atoms with Gasteiger partial charge in [-0.2, -0.15) is 0 Å². The van der Waals surface area contributed by atoms with Crippen LogP contribution in [-0.4, -0.2) is 20.3 Å². The van der Waals surface area contributed by atoms with E-state index in [-0.39, 0.29) is 17.4 Å². The Bertz CT molecular complexity index is 1380. The number of nitrogens with zero attached hydrogens (tertiary/aromatic N) is 3. The minimum Gasteiger partial charge on any atom is -0.365 e. The number of rotatable bonds is 2. The van der Waals surface area contributed by atoms with Crippen LogP contribution in [0.3, 0.4) is 0 Å². The molecule has 0 bridgehead atoms. The molecule has 0 saturated carbocycles. The molecular formula is C24H23N3O3. The average molecular weight is 401 g/mol. The summed E-state index contributed by atoms with van der Waals surface area (Å²) in [6, 6.07) is 18.1. The zero-order valence-electron chi connectivity index (χ0n) is 17.3. The predicted octanol–water partition coefficient (Wildman–Crippen LogP) is 3.13. The van der Waals surface area contributed by atoms with Gasteiger partial charge in [0.25, 0.3) is 5.56 Å². The number of hydrogen-bond donors (Lipinski definition) is 0. The second-order valence-corrected chi connectivity index (χ2v) is 7.84. The summed E-state index contributed by atoms with van der Waals surface area (Å²) < 4.78 is 11.1. The van der Waals surface area contributed by atoms with Gasteiger partial charge in [0.2, 0.25) is 0 Å². The van der Waals surface area contributed by atoms with Crippen LogP contribution in [0.4, 0.5) is 0 Å². The molecule has 1 atom stereocenters. The van der Waals surface area contributed by atoms with E-state index in [1.807, 2.05) is 61.5 Å². The maximum Gasteiger partial charge on any atom is 0.331 e. The molecule has 5 rings (SSSR count). The standard InChI is InChI=1S/C24H23N3O3/c1-15-9-11-16(12-10-15)19-18-20(25(2)24(29)26(3)23(18)28)21-22(30-14-13-27(19)21)17-7-5-4-6-8-17/h4-12,22H,13-14H2,1-3H3/t22-/m1/s1. The smallest absolute Gasteiger partial charge is 0.331 e. The van der Waals surface area contributed by atoms with Crippen molar-refractivity contribution in [1.29, 1.82) is 0 Å². The molecule has 0 unspecified atom stereocenters. The molecule has 2 aromatic carbocycles. The molecule has 0 saturated heterocycles. The maximum atomic E-state index is 13.3. The molecule has 6 heteroatoms. The number of benzene rings is 2. The first kappa shape index (κ1) is 18.6. The van der Waals surface area contributed by atoms with E-state index >= 15 is 0 Å². The summed E-state index contributed by atoms with van der Waals surface area (Å²) in [5.41, 5.74) is 4.84. The highest BCUT2D eigenvalue weighted by atomic mass is 16.5. The van der Waals surface area contributed by atoms with Crippen molar-refractivity contribution in [3.63, 3.8) is 0 Å². The Balaban J connectivity index is 1.96. The molecule has 30 heavy (non-hydrogen) atoms. The Morgan fingerprint density at radius 1 is 0.933 bits per heavy atom. The molecule has 0 spiro atoms. The van der Waals surface area contributed by atoms with Gasteiger partial charge in [-0.3, -0.25) is 13.9 Å². The lowest BCUT2D eigenvalue weighted by Gasteiger charge is -2.27. The van der Waals surface area contributed by atoms with Gasteiger partial charge in [-0.1, -0.05) is 60.2 Å². The molecule has 0 N–H and O–H groups in total. The average Bonchev–Trinajstić information content (AvgIpc) is 3.13. The lowest BCUT2D eigenvalue weighted by molar-refractivity contribution is 0.0478. The summed E-state index contributed by atoms with van der Waals surface area (Å²) >= 11 is 0. The summed E-state index contributed by atoms with van der Waals surface area (Å²) in [7, 11) is 3.26. The van der Waals surface area contributed by atoms with Gasteiger partial charge in [-0.25, -0.2) is 4.79 Å². The van der Waals surface area contributed by atoms with Crippen molar-refractivity contribution in [2.75, 3.05) is 6.61 Å². The van der Waals surface area contributed by atoms with Gasteiger partial charge in [0.1, 0.15) is 6.10 Å². The van der Waals surface area contributed by atoms with Gasteiger partial charge in [-0.15, -0.1) is 0 Å². The Morgan fingerprint density at radius 3 is 2.33 bits per heavy atom. The molecule has 1 aliphatic heterocycles. The van der Waals surface area contributed by atoms with E-state index in [2.05, 4.69) is 4.57 Å². The van der Waals surface area contributed by atoms with Crippen LogP contribution >= 0.6 is 0 Å². The third kappa shape index (κ3) is 2.60. The summed E-state index contributed by atoms with van der Waals surface area (Å²) in [4.78, 5) is 26.1. The number of hydrogen-bond acceptors (Lipinski definition) is 3. The van der Waals surface area contributed by atoms with Gasteiger partial charge in [0.15, 0.2) is 0 Å². The van der Waals surface area contributed by atoms with Crippen LogP contribution in [0.5, 0.6) is 0 Å². The van der Waals surface area contributed by atoms with E-state index in [0.717, 1.165) is 28.1 Å². The van der Waals surface area contributed by atoms with Crippen molar-refractivity contribution < 1.29 is 4.74 Å². The second kappa shape index (κ2) is 6.85. The highest BCUT2D eigenvalue weighted by Crippen LogP contribution is 2.40. The van der Waals surface area contributed by atoms with Crippen LogP contribution in [0, 0.1) is 6.92 Å². The van der Waals surface area contributed by atoms with Crippen LogP contribution in [0.2, 0.25) is 0 Å². The number of fused-ring (bicyclic) bond motifs is 3. The van der Waals surface area contributed by atoms with Crippen molar-refractivity contribution in [2.45, 2.75) is 19.6 Å². The molecule has 0 fully saturated rings. The lowest BCUT2D eigenvalue weighted by atomic mass is 10.0. The molecule has 152 valence electrons.